The summed E-state index contributed by atoms with van der Waals surface area (Å²) in [7, 11) is 0. The molecule has 3 nitrogen and oxygen atoms in total. The van der Waals surface area contributed by atoms with Crippen LogP contribution in [0.5, 0.6) is 5.75 Å². The molecule has 1 saturated heterocycles. The summed E-state index contributed by atoms with van der Waals surface area (Å²) >= 11 is 0. The number of rotatable bonds is 2. The van der Waals surface area contributed by atoms with E-state index in [1.807, 2.05) is 0 Å². The van der Waals surface area contributed by atoms with E-state index in [1.54, 1.807) is 0 Å². The van der Waals surface area contributed by atoms with Gasteiger partial charge in [0, 0.05) is 11.6 Å². The molecule has 21 heavy (non-hydrogen) atoms. The summed E-state index contributed by atoms with van der Waals surface area (Å²) in [6.45, 7) is 8.10. The molecular weight excluding hydrogens is 262 g/mol. The number of hydrogen-bond donors (Lipinski definition) is 1. The highest BCUT2D eigenvalue weighted by atomic mass is 16.5. The van der Waals surface area contributed by atoms with Crippen LogP contribution >= 0.6 is 0 Å². The summed E-state index contributed by atoms with van der Waals surface area (Å²) in [5.41, 5.74) is 3.34. The third-order valence-electron chi connectivity index (χ3n) is 5.13. The quantitative estimate of drug-likeness (QED) is 0.906. The molecule has 2 aliphatic heterocycles. The minimum atomic E-state index is -0.429. The van der Waals surface area contributed by atoms with Crippen molar-refractivity contribution < 1.29 is 9.84 Å². The summed E-state index contributed by atoms with van der Waals surface area (Å²) < 4.78 is 6.01. The zero-order valence-corrected chi connectivity index (χ0v) is 13.4. The molecular formula is C18H27NO2. The van der Waals surface area contributed by atoms with Gasteiger partial charge in [-0.15, -0.1) is 0 Å². The lowest BCUT2D eigenvalue weighted by molar-refractivity contribution is -0.0296. The molecule has 1 fully saturated rings. The first-order valence-electron chi connectivity index (χ1n) is 8.29. The van der Waals surface area contributed by atoms with E-state index in [0.717, 1.165) is 29.8 Å². The molecule has 0 saturated carbocycles. The molecule has 116 valence electrons. The van der Waals surface area contributed by atoms with Gasteiger partial charge in [-0.1, -0.05) is 19.4 Å². The molecule has 0 aliphatic carbocycles. The first-order valence-corrected chi connectivity index (χ1v) is 8.29. The molecule has 0 aromatic heterocycles. The standard InChI is InChI=1S/C18H27NO2/c1-4-14-7-5-6-8-19(14)15-11-21-16-10-12(2)9-13(3)17(16)18(15)20/h9-10,14-15,18,20H,4-8,11H2,1-3H3. The van der Waals surface area contributed by atoms with Crippen LogP contribution in [0.3, 0.4) is 0 Å². The van der Waals surface area contributed by atoms with Gasteiger partial charge in [-0.05, 0) is 56.8 Å². The Morgan fingerprint density at radius 2 is 2.10 bits per heavy atom. The molecule has 1 N–H and O–H groups in total. The number of hydrogen-bond acceptors (Lipinski definition) is 3. The number of aryl methyl sites for hydroxylation is 2. The molecule has 3 heteroatoms. The van der Waals surface area contributed by atoms with Crippen molar-refractivity contribution in [2.75, 3.05) is 13.2 Å². The van der Waals surface area contributed by atoms with E-state index in [4.69, 9.17) is 4.74 Å². The fourth-order valence-corrected chi connectivity index (χ4v) is 4.07. The molecule has 0 spiro atoms. The van der Waals surface area contributed by atoms with Gasteiger partial charge in [-0.2, -0.15) is 0 Å². The summed E-state index contributed by atoms with van der Waals surface area (Å²) in [4.78, 5) is 2.50. The Kier molecular flexibility index (Phi) is 4.23. The van der Waals surface area contributed by atoms with Crippen molar-refractivity contribution in [3.8, 4) is 5.75 Å². The number of fused-ring (bicyclic) bond motifs is 1. The van der Waals surface area contributed by atoms with Crippen molar-refractivity contribution in [1.82, 2.24) is 4.90 Å². The largest absolute Gasteiger partial charge is 0.491 e. The van der Waals surface area contributed by atoms with Crippen LogP contribution in [0.25, 0.3) is 0 Å². The Bertz CT molecular complexity index is 514. The van der Waals surface area contributed by atoms with Crippen LogP contribution in [0.2, 0.25) is 0 Å². The van der Waals surface area contributed by atoms with E-state index >= 15 is 0 Å². The SMILES string of the molecule is CCC1CCCCN1C1COc2cc(C)cc(C)c2C1O. The van der Waals surface area contributed by atoms with E-state index in [9.17, 15) is 5.11 Å². The zero-order chi connectivity index (χ0) is 15.0. The van der Waals surface area contributed by atoms with Gasteiger partial charge in [0.05, 0.1) is 6.04 Å². The second-order valence-electron chi connectivity index (χ2n) is 6.61. The summed E-state index contributed by atoms with van der Waals surface area (Å²) in [6, 6.07) is 4.88. The lowest BCUT2D eigenvalue weighted by Crippen LogP contribution is -2.52. The van der Waals surface area contributed by atoms with Gasteiger partial charge in [0.1, 0.15) is 18.5 Å². The number of aliphatic hydroxyl groups is 1. The maximum Gasteiger partial charge on any atom is 0.125 e. The first-order chi connectivity index (χ1) is 10.1. The average molecular weight is 289 g/mol. The molecule has 0 bridgehead atoms. The Labute approximate surface area is 127 Å². The third-order valence-corrected chi connectivity index (χ3v) is 5.13. The normalized spacial score (nSPS) is 29.8. The van der Waals surface area contributed by atoms with E-state index in [1.165, 1.54) is 24.8 Å². The molecule has 3 unspecified atom stereocenters. The minimum absolute atomic E-state index is 0.101. The molecule has 3 rings (SSSR count). The Morgan fingerprint density at radius 3 is 2.86 bits per heavy atom. The highest BCUT2D eigenvalue weighted by molar-refractivity contribution is 5.46. The molecule has 1 aromatic rings. The van der Waals surface area contributed by atoms with Crippen molar-refractivity contribution in [2.24, 2.45) is 0 Å². The average Bonchev–Trinajstić information content (AvgIpc) is 2.47. The fourth-order valence-electron chi connectivity index (χ4n) is 4.07. The number of likely N-dealkylation sites (tertiary alicyclic amines) is 1. The monoisotopic (exact) mass is 289 g/mol. The smallest absolute Gasteiger partial charge is 0.125 e. The van der Waals surface area contributed by atoms with E-state index in [0.29, 0.717) is 12.6 Å². The van der Waals surface area contributed by atoms with Crippen LogP contribution < -0.4 is 4.74 Å². The second kappa shape index (κ2) is 5.98. The van der Waals surface area contributed by atoms with Crippen LogP contribution in [0.15, 0.2) is 12.1 Å². The van der Waals surface area contributed by atoms with Gasteiger partial charge in [-0.3, -0.25) is 4.90 Å². The number of nitrogens with zero attached hydrogens (tertiary/aromatic N) is 1. The van der Waals surface area contributed by atoms with Crippen molar-refractivity contribution in [1.29, 1.82) is 0 Å². The van der Waals surface area contributed by atoms with Gasteiger partial charge in [0.2, 0.25) is 0 Å². The van der Waals surface area contributed by atoms with E-state index in [2.05, 4.69) is 37.8 Å². The molecule has 0 radical (unpaired) electrons. The zero-order valence-electron chi connectivity index (χ0n) is 13.4. The van der Waals surface area contributed by atoms with Crippen LogP contribution in [0.1, 0.15) is 55.4 Å². The van der Waals surface area contributed by atoms with Gasteiger partial charge in [0.15, 0.2) is 0 Å². The lowest BCUT2D eigenvalue weighted by Gasteiger charge is -2.45. The van der Waals surface area contributed by atoms with Crippen LogP contribution in [0.4, 0.5) is 0 Å². The predicted molar refractivity (Wildman–Crippen MR) is 84.8 cm³/mol. The number of benzene rings is 1. The van der Waals surface area contributed by atoms with Gasteiger partial charge in [-0.25, -0.2) is 0 Å². The number of aliphatic hydroxyl groups excluding tert-OH is 1. The lowest BCUT2D eigenvalue weighted by atomic mass is 9.89. The maximum absolute atomic E-state index is 10.9. The summed E-state index contributed by atoms with van der Waals surface area (Å²) in [5, 5.41) is 10.9. The van der Waals surface area contributed by atoms with E-state index < -0.39 is 6.10 Å². The number of piperidine rings is 1. The van der Waals surface area contributed by atoms with Crippen molar-refractivity contribution in [3.05, 3.63) is 28.8 Å². The van der Waals surface area contributed by atoms with Crippen LogP contribution in [0, 0.1) is 13.8 Å². The molecule has 2 aliphatic rings. The van der Waals surface area contributed by atoms with Crippen LogP contribution in [-0.2, 0) is 0 Å². The van der Waals surface area contributed by atoms with Crippen molar-refractivity contribution >= 4 is 0 Å². The molecule has 0 amide bonds. The van der Waals surface area contributed by atoms with Gasteiger partial charge >= 0.3 is 0 Å². The Morgan fingerprint density at radius 1 is 1.29 bits per heavy atom. The Balaban J connectivity index is 1.89. The third kappa shape index (κ3) is 2.69. The topological polar surface area (TPSA) is 32.7 Å². The fraction of sp³-hybridized carbons (Fsp3) is 0.667. The first kappa shape index (κ1) is 14.9. The van der Waals surface area contributed by atoms with Gasteiger partial charge < -0.3 is 9.84 Å². The second-order valence-corrected chi connectivity index (χ2v) is 6.61. The Hall–Kier alpha value is -1.06. The molecule has 3 atom stereocenters. The predicted octanol–water partition coefficient (Wildman–Crippen LogP) is 3.36. The van der Waals surface area contributed by atoms with Crippen molar-refractivity contribution in [2.45, 2.75) is 64.6 Å². The number of ether oxygens (including phenoxy) is 1. The van der Waals surface area contributed by atoms with E-state index in [-0.39, 0.29) is 6.04 Å². The maximum atomic E-state index is 10.9. The summed E-state index contributed by atoms with van der Waals surface area (Å²) in [5.74, 6) is 0.876. The highest BCUT2D eigenvalue weighted by Gasteiger charge is 2.38. The van der Waals surface area contributed by atoms with Crippen LogP contribution in [-0.4, -0.2) is 35.2 Å². The highest BCUT2D eigenvalue weighted by Crippen LogP contribution is 2.39. The summed E-state index contributed by atoms with van der Waals surface area (Å²) in [6.07, 6.45) is 4.52. The van der Waals surface area contributed by atoms with Crippen molar-refractivity contribution in [3.63, 3.8) is 0 Å². The molecule has 2 heterocycles. The van der Waals surface area contributed by atoms with Gasteiger partial charge in [0.25, 0.3) is 0 Å². The molecule has 1 aromatic carbocycles. The minimum Gasteiger partial charge on any atom is -0.491 e.